The summed E-state index contributed by atoms with van der Waals surface area (Å²) < 4.78 is 60.7. The van der Waals surface area contributed by atoms with E-state index in [1.807, 2.05) is 39.0 Å². The Balaban J connectivity index is 1.59. The number of halogens is 1. The molecule has 3 aromatic heterocycles. The number of benzene rings is 3. The third-order valence-corrected chi connectivity index (χ3v) is 10.7. The van der Waals surface area contributed by atoms with Crippen LogP contribution in [0.25, 0.3) is 33.3 Å². The van der Waals surface area contributed by atoms with Crippen LogP contribution in [-0.2, 0) is 17.1 Å². The molecule has 1 saturated carbocycles. The highest BCUT2D eigenvalue weighted by Gasteiger charge is 2.31. The quantitative estimate of drug-likeness (QED) is 0.168. The average molecular weight is 680 g/mol. The molecule has 0 N–H and O–H groups in total. The Labute approximate surface area is 282 Å². The molecule has 0 atom stereocenters. The van der Waals surface area contributed by atoms with Gasteiger partial charge in [0.15, 0.2) is 17.3 Å². The number of hydrogen-bond acceptors (Lipinski definition) is 6. The number of pyridine rings is 2. The first-order chi connectivity index (χ1) is 23.4. The molecule has 6 aromatic rings. The van der Waals surface area contributed by atoms with Gasteiger partial charge in [-0.05, 0) is 75.1 Å². The fourth-order valence-electron chi connectivity index (χ4n) is 6.25. The van der Waals surface area contributed by atoms with Crippen LogP contribution in [0.2, 0.25) is 0 Å². The van der Waals surface area contributed by atoms with Crippen LogP contribution in [0.4, 0.5) is 4.39 Å². The number of fused-ring (bicyclic) bond motifs is 1. The Morgan fingerprint density at radius 2 is 1.49 bits per heavy atom. The number of aromatic nitrogens is 3. The van der Waals surface area contributed by atoms with Crippen molar-refractivity contribution in [3.8, 4) is 39.6 Å². The lowest BCUT2D eigenvalue weighted by Crippen LogP contribution is -2.23. The second-order valence-electron chi connectivity index (χ2n) is 12.5. The molecule has 0 amide bonds. The van der Waals surface area contributed by atoms with Crippen LogP contribution in [0.1, 0.15) is 35.6 Å². The molecule has 11 heteroatoms. The SMILES string of the molecule is COc1cccc(-c2cc3c(-c4cc(=O)n(C5CC5)cc4Oc4c(C)cccc4C)cn(C)c(=O)c3n2S(=O)(=O)c2ccc(C)cc2)c1F. The molecule has 0 aliphatic heterocycles. The van der Waals surface area contributed by atoms with Gasteiger partial charge in [-0.15, -0.1) is 0 Å². The van der Waals surface area contributed by atoms with Crippen LogP contribution in [0, 0.1) is 26.6 Å². The van der Waals surface area contributed by atoms with Crippen molar-refractivity contribution in [2.45, 2.75) is 44.6 Å². The number of methoxy groups -OCH3 is 1. The van der Waals surface area contributed by atoms with Crippen molar-refractivity contribution < 1.29 is 22.3 Å². The van der Waals surface area contributed by atoms with Crippen molar-refractivity contribution in [1.29, 1.82) is 0 Å². The maximum Gasteiger partial charge on any atom is 0.275 e. The van der Waals surface area contributed by atoms with Crippen molar-refractivity contribution in [2.75, 3.05) is 7.11 Å². The van der Waals surface area contributed by atoms with Crippen LogP contribution in [-0.4, -0.2) is 28.6 Å². The highest BCUT2D eigenvalue weighted by molar-refractivity contribution is 7.90. The fraction of sp³-hybridized carbons (Fsp3) is 0.211. The van der Waals surface area contributed by atoms with Crippen molar-refractivity contribution in [1.82, 2.24) is 13.1 Å². The number of rotatable bonds is 8. The Bertz CT molecular complexity index is 2510. The normalized spacial score (nSPS) is 13.2. The van der Waals surface area contributed by atoms with Crippen LogP contribution >= 0.6 is 0 Å². The standard InChI is InChI=1S/C38H34FN3O6S/c1-22-12-16-26(17-13-22)49(45,46)42-31(27-10-7-11-32(47-5)35(27)39)18-29-30(20-40(4)38(44)36(29)42)28-19-34(43)41(25-14-15-25)21-33(28)48-37-23(2)8-6-9-24(37)3/h6-13,16-21,25H,14-15H2,1-5H3. The second-order valence-corrected chi connectivity index (χ2v) is 14.3. The minimum atomic E-state index is -4.48. The first-order valence-corrected chi connectivity index (χ1v) is 17.3. The van der Waals surface area contributed by atoms with E-state index >= 15 is 4.39 Å². The molecule has 250 valence electrons. The molecule has 49 heavy (non-hydrogen) atoms. The van der Waals surface area contributed by atoms with E-state index in [4.69, 9.17) is 9.47 Å². The van der Waals surface area contributed by atoms with E-state index in [9.17, 15) is 18.0 Å². The molecule has 0 saturated heterocycles. The van der Waals surface area contributed by atoms with Gasteiger partial charge in [0.1, 0.15) is 11.3 Å². The van der Waals surface area contributed by atoms with E-state index in [2.05, 4.69) is 0 Å². The Kier molecular flexibility index (Phi) is 7.82. The molecule has 0 radical (unpaired) electrons. The summed E-state index contributed by atoms with van der Waals surface area (Å²) in [6.45, 7) is 5.68. The van der Waals surface area contributed by atoms with E-state index in [1.165, 1.54) is 55.1 Å². The summed E-state index contributed by atoms with van der Waals surface area (Å²) in [7, 11) is -1.66. The number of para-hydroxylation sites is 1. The topological polar surface area (TPSA) is 102 Å². The molecule has 0 unspecified atom stereocenters. The van der Waals surface area contributed by atoms with Crippen LogP contribution in [0.5, 0.6) is 17.2 Å². The van der Waals surface area contributed by atoms with Crippen LogP contribution in [0.3, 0.4) is 0 Å². The summed E-state index contributed by atoms with van der Waals surface area (Å²) in [5.74, 6) is 0.0809. The number of hydrogen-bond donors (Lipinski definition) is 0. The highest BCUT2D eigenvalue weighted by Crippen LogP contribution is 2.43. The predicted molar refractivity (Wildman–Crippen MR) is 187 cm³/mol. The molecule has 1 aliphatic rings. The van der Waals surface area contributed by atoms with Crippen LogP contribution in [0.15, 0.2) is 99.7 Å². The monoisotopic (exact) mass is 679 g/mol. The molecule has 3 heterocycles. The van der Waals surface area contributed by atoms with E-state index in [1.54, 1.807) is 35.2 Å². The highest BCUT2D eigenvalue weighted by atomic mass is 32.2. The summed E-state index contributed by atoms with van der Waals surface area (Å²) >= 11 is 0. The minimum Gasteiger partial charge on any atom is -0.494 e. The largest absolute Gasteiger partial charge is 0.494 e. The number of aryl methyl sites for hydroxylation is 4. The van der Waals surface area contributed by atoms with Gasteiger partial charge in [-0.3, -0.25) is 9.59 Å². The van der Waals surface area contributed by atoms with Gasteiger partial charge in [0.05, 0.1) is 23.9 Å². The molecule has 0 bridgehead atoms. The Morgan fingerprint density at radius 3 is 2.14 bits per heavy atom. The maximum absolute atomic E-state index is 16.0. The van der Waals surface area contributed by atoms with Crippen molar-refractivity contribution in [3.05, 3.63) is 128 Å². The number of ether oxygens (including phenoxy) is 2. The van der Waals surface area contributed by atoms with Gasteiger partial charge in [-0.1, -0.05) is 42.0 Å². The van der Waals surface area contributed by atoms with Crippen molar-refractivity contribution >= 4 is 20.9 Å². The van der Waals surface area contributed by atoms with Crippen molar-refractivity contribution in [2.24, 2.45) is 7.05 Å². The van der Waals surface area contributed by atoms with E-state index in [0.717, 1.165) is 33.5 Å². The fourth-order valence-corrected chi connectivity index (χ4v) is 7.77. The van der Waals surface area contributed by atoms with Gasteiger partial charge >= 0.3 is 0 Å². The van der Waals surface area contributed by atoms with Gasteiger partial charge < -0.3 is 18.6 Å². The summed E-state index contributed by atoms with van der Waals surface area (Å²) in [6, 6.07) is 19.4. The lowest BCUT2D eigenvalue weighted by Gasteiger charge is -2.18. The Morgan fingerprint density at radius 1 is 0.816 bits per heavy atom. The molecule has 7 rings (SSSR count). The summed E-state index contributed by atoms with van der Waals surface area (Å²) in [6.07, 6.45) is 4.95. The van der Waals surface area contributed by atoms with Gasteiger partial charge in [0, 0.05) is 47.4 Å². The molecule has 0 spiro atoms. The zero-order chi connectivity index (χ0) is 34.8. The van der Waals surface area contributed by atoms with Crippen molar-refractivity contribution in [3.63, 3.8) is 0 Å². The lowest BCUT2D eigenvalue weighted by molar-refractivity contribution is 0.387. The first-order valence-electron chi connectivity index (χ1n) is 15.8. The molecule has 9 nitrogen and oxygen atoms in total. The van der Waals surface area contributed by atoms with E-state index in [-0.39, 0.29) is 44.4 Å². The first kappa shape index (κ1) is 32.1. The third kappa shape index (κ3) is 5.44. The summed E-state index contributed by atoms with van der Waals surface area (Å²) in [4.78, 5) is 27.6. The van der Waals surface area contributed by atoms with Gasteiger partial charge in [0.25, 0.3) is 21.1 Å². The zero-order valence-electron chi connectivity index (χ0n) is 27.7. The second kappa shape index (κ2) is 11.9. The molecule has 1 aliphatic carbocycles. The zero-order valence-corrected chi connectivity index (χ0v) is 28.5. The van der Waals surface area contributed by atoms with Gasteiger partial charge in [0.2, 0.25) is 0 Å². The Hall–Kier alpha value is -5.42. The van der Waals surface area contributed by atoms with E-state index in [0.29, 0.717) is 22.6 Å². The van der Waals surface area contributed by atoms with Gasteiger partial charge in [-0.25, -0.2) is 16.8 Å². The van der Waals surface area contributed by atoms with Gasteiger partial charge in [-0.2, -0.15) is 0 Å². The lowest BCUT2D eigenvalue weighted by atomic mass is 10.0. The molecular weight excluding hydrogens is 645 g/mol. The number of nitrogens with zero attached hydrogens (tertiary/aromatic N) is 3. The summed E-state index contributed by atoms with van der Waals surface area (Å²) in [5, 5.41) is 0.200. The van der Waals surface area contributed by atoms with Crippen LogP contribution < -0.4 is 20.6 Å². The molecule has 3 aromatic carbocycles. The molecule has 1 fully saturated rings. The molecular formula is C38H34FN3O6S. The third-order valence-electron chi connectivity index (χ3n) is 9.01. The minimum absolute atomic E-state index is 0.0467. The van der Waals surface area contributed by atoms with E-state index < -0.39 is 21.4 Å². The maximum atomic E-state index is 16.0. The smallest absolute Gasteiger partial charge is 0.275 e. The average Bonchev–Trinajstić information content (AvgIpc) is 3.84. The predicted octanol–water partition coefficient (Wildman–Crippen LogP) is 7.27. The summed E-state index contributed by atoms with van der Waals surface area (Å²) in [5.41, 5.74) is 2.04.